The Labute approximate surface area is 94.8 Å². The Balaban J connectivity index is 2.82. The molecule has 0 aliphatic carbocycles. The van der Waals surface area contributed by atoms with Crippen LogP contribution in [0.15, 0.2) is 22.7 Å². The van der Waals surface area contributed by atoms with E-state index in [9.17, 15) is 0 Å². The first-order chi connectivity index (χ1) is 5.59. The van der Waals surface area contributed by atoms with Crippen LogP contribution in [0.3, 0.4) is 0 Å². The maximum absolute atomic E-state index is 5.52. The summed E-state index contributed by atoms with van der Waals surface area (Å²) in [6.07, 6.45) is 0.233. The molecule has 1 nitrogen and oxygen atoms in total. The lowest BCUT2D eigenvalue weighted by molar-refractivity contribution is 0.242. The molecular formula is C9H10BrIO. The van der Waals surface area contributed by atoms with E-state index in [2.05, 4.69) is 38.5 Å². The Kier molecular flexibility index (Phi) is 3.83. The average molecular weight is 341 g/mol. The van der Waals surface area contributed by atoms with Gasteiger partial charge in [0.25, 0.3) is 0 Å². The van der Waals surface area contributed by atoms with Gasteiger partial charge in [0.05, 0.1) is 6.10 Å². The predicted octanol–water partition coefficient (Wildman–Crippen LogP) is 3.84. The van der Waals surface area contributed by atoms with Crippen LogP contribution >= 0.6 is 38.5 Å². The van der Waals surface area contributed by atoms with Gasteiger partial charge in [-0.2, -0.15) is 0 Å². The SMILES string of the molecule is CC(C)Oc1ccc(I)c(Br)c1. The second-order valence-electron chi connectivity index (χ2n) is 2.74. The molecule has 0 N–H and O–H groups in total. The second-order valence-corrected chi connectivity index (χ2v) is 4.76. The molecular weight excluding hydrogens is 331 g/mol. The van der Waals surface area contributed by atoms with Gasteiger partial charge in [0.2, 0.25) is 0 Å². The molecule has 0 saturated carbocycles. The smallest absolute Gasteiger partial charge is 0.120 e. The maximum Gasteiger partial charge on any atom is 0.120 e. The summed E-state index contributed by atoms with van der Waals surface area (Å²) < 4.78 is 7.80. The van der Waals surface area contributed by atoms with Crippen LogP contribution in [0, 0.1) is 3.57 Å². The fourth-order valence-corrected chi connectivity index (χ4v) is 1.52. The van der Waals surface area contributed by atoms with Gasteiger partial charge < -0.3 is 4.74 Å². The van der Waals surface area contributed by atoms with Crippen LogP contribution in [0.4, 0.5) is 0 Å². The summed E-state index contributed by atoms with van der Waals surface area (Å²) in [6, 6.07) is 6.00. The van der Waals surface area contributed by atoms with E-state index < -0.39 is 0 Å². The molecule has 0 fully saturated rings. The molecule has 0 bridgehead atoms. The van der Waals surface area contributed by atoms with Gasteiger partial charge in [0.15, 0.2) is 0 Å². The van der Waals surface area contributed by atoms with Gasteiger partial charge in [0.1, 0.15) is 5.75 Å². The molecule has 0 aliphatic rings. The molecule has 1 aromatic carbocycles. The van der Waals surface area contributed by atoms with Gasteiger partial charge >= 0.3 is 0 Å². The van der Waals surface area contributed by atoms with E-state index >= 15 is 0 Å². The van der Waals surface area contributed by atoms with E-state index in [1.165, 1.54) is 3.57 Å². The third-order valence-corrected chi connectivity index (χ3v) is 3.60. The largest absolute Gasteiger partial charge is 0.491 e. The molecule has 0 unspecified atom stereocenters. The van der Waals surface area contributed by atoms with Crippen LogP contribution < -0.4 is 4.74 Å². The van der Waals surface area contributed by atoms with E-state index in [1.807, 2.05) is 32.0 Å². The first-order valence-electron chi connectivity index (χ1n) is 3.71. The van der Waals surface area contributed by atoms with Crippen molar-refractivity contribution in [2.75, 3.05) is 0 Å². The fourth-order valence-electron chi connectivity index (χ4n) is 0.822. The van der Waals surface area contributed by atoms with Gasteiger partial charge in [-0.05, 0) is 70.6 Å². The van der Waals surface area contributed by atoms with Gasteiger partial charge in [-0.15, -0.1) is 0 Å². The molecule has 3 heteroatoms. The van der Waals surface area contributed by atoms with E-state index in [-0.39, 0.29) is 6.10 Å². The van der Waals surface area contributed by atoms with Gasteiger partial charge in [-0.1, -0.05) is 0 Å². The lowest BCUT2D eigenvalue weighted by atomic mass is 10.3. The molecule has 1 rings (SSSR count). The lowest BCUT2D eigenvalue weighted by Crippen LogP contribution is -2.05. The molecule has 0 aromatic heterocycles. The van der Waals surface area contributed by atoms with Crippen LogP contribution in [0.2, 0.25) is 0 Å². The molecule has 0 atom stereocenters. The van der Waals surface area contributed by atoms with E-state index in [4.69, 9.17) is 4.74 Å². The zero-order valence-corrected chi connectivity index (χ0v) is 10.7. The fraction of sp³-hybridized carbons (Fsp3) is 0.333. The maximum atomic E-state index is 5.52. The molecule has 1 aromatic rings. The summed E-state index contributed by atoms with van der Waals surface area (Å²) in [5.41, 5.74) is 0. The zero-order chi connectivity index (χ0) is 9.14. The van der Waals surface area contributed by atoms with E-state index in [0.29, 0.717) is 0 Å². The van der Waals surface area contributed by atoms with E-state index in [1.54, 1.807) is 0 Å². The van der Waals surface area contributed by atoms with Crippen molar-refractivity contribution < 1.29 is 4.74 Å². The third kappa shape index (κ3) is 2.94. The van der Waals surface area contributed by atoms with Crippen molar-refractivity contribution in [3.63, 3.8) is 0 Å². The molecule has 0 radical (unpaired) electrons. The number of halogens is 2. The minimum atomic E-state index is 0.233. The number of hydrogen-bond acceptors (Lipinski definition) is 1. The topological polar surface area (TPSA) is 9.23 Å². The Bertz CT molecular complexity index is 273. The van der Waals surface area contributed by atoms with E-state index in [0.717, 1.165) is 10.2 Å². The van der Waals surface area contributed by atoms with Crippen LogP contribution in [0.25, 0.3) is 0 Å². The number of benzene rings is 1. The number of rotatable bonds is 2. The summed E-state index contributed by atoms with van der Waals surface area (Å²) in [5.74, 6) is 0.914. The Morgan fingerprint density at radius 3 is 2.58 bits per heavy atom. The third-order valence-electron chi connectivity index (χ3n) is 1.26. The molecule has 12 heavy (non-hydrogen) atoms. The number of hydrogen-bond donors (Lipinski definition) is 0. The van der Waals surface area contributed by atoms with Crippen LogP contribution in [-0.4, -0.2) is 6.10 Å². The van der Waals surface area contributed by atoms with Crippen LogP contribution in [-0.2, 0) is 0 Å². The first-order valence-corrected chi connectivity index (χ1v) is 5.58. The van der Waals surface area contributed by atoms with Gasteiger partial charge in [-0.25, -0.2) is 0 Å². The Morgan fingerprint density at radius 2 is 2.08 bits per heavy atom. The molecule has 0 aliphatic heterocycles. The molecule has 0 spiro atoms. The summed E-state index contributed by atoms with van der Waals surface area (Å²) in [6.45, 7) is 4.04. The average Bonchev–Trinajstić information content (AvgIpc) is 1.96. The second kappa shape index (κ2) is 4.46. The summed E-state index contributed by atoms with van der Waals surface area (Å²) >= 11 is 5.72. The van der Waals surface area contributed by atoms with Crippen molar-refractivity contribution in [2.45, 2.75) is 20.0 Å². The van der Waals surface area contributed by atoms with Crippen molar-refractivity contribution in [3.05, 3.63) is 26.2 Å². The Hall–Kier alpha value is 0.230. The van der Waals surface area contributed by atoms with Crippen LogP contribution in [0.5, 0.6) is 5.75 Å². The summed E-state index contributed by atoms with van der Waals surface area (Å²) in [4.78, 5) is 0. The molecule has 0 heterocycles. The van der Waals surface area contributed by atoms with Crippen molar-refractivity contribution >= 4 is 38.5 Å². The zero-order valence-electron chi connectivity index (χ0n) is 6.97. The highest BCUT2D eigenvalue weighted by Crippen LogP contribution is 2.24. The number of ether oxygens (including phenoxy) is 1. The van der Waals surface area contributed by atoms with Crippen molar-refractivity contribution in [2.24, 2.45) is 0 Å². The molecule has 0 saturated heterocycles. The van der Waals surface area contributed by atoms with Crippen molar-refractivity contribution in [1.82, 2.24) is 0 Å². The highest BCUT2D eigenvalue weighted by Gasteiger charge is 2.00. The predicted molar refractivity (Wildman–Crippen MR) is 62.6 cm³/mol. The Morgan fingerprint density at radius 1 is 1.42 bits per heavy atom. The van der Waals surface area contributed by atoms with Crippen molar-refractivity contribution in [3.8, 4) is 5.75 Å². The summed E-state index contributed by atoms with van der Waals surface area (Å²) in [5, 5.41) is 0. The highest BCUT2D eigenvalue weighted by atomic mass is 127. The normalized spacial score (nSPS) is 10.4. The molecule has 66 valence electrons. The quantitative estimate of drug-likeness (QED) is 0.743. The standard InChI is InChI=1S/C9H10BrIO/c1-6(2)12-7-3-4-9(11)8(10)5-7/h3-6H,1-2H3. The first kappa shape index (κ1) is 10.3. The minimum Gasteiger partial charge on any atom is -0.491 e. The van der Waals surface area contributed by atoms with Gasteiger partial charge in [0, 0.05) is 8.04 Å². The van der Waals surface area contributed by atoms with Crippen LogP contribution in [0.1, 0.15) is 13.8 Å². The van der Waals surface area contributed by atoms with Gasteiger partial charge in [-0.3, -0.25) is 0 Å². The lowest BCUT2D eigenvalue weighted by Gasteiger charge is -2.09. The minimum absolute atomic E-state index is 0.233. The monoisotopic (exact) mass is 340 g/mol. The van der Waals surface area contributed by atoms with Crippen molar-refractivity contribution in [1.29, 1.82) is 0 Å². The highest BCUT2D eigenvalue weighted by molar-refractivity contribution is 14.1. The summed E-state index contributed by atoms with van der Waals surface area (Å²) in [7, 11) is 0. The molecule has 0 amide bonds.